The van der Waals surface area contributed by atoms with Gasteiger partial charge < -0.3 is 25.2 Å². The van der Waals surface area contributed by atoms with Crippen LogP contribution in [0.25, 0.3) is 0 Å². The molecular formula is C21H23IN2O6. The van der Waals surface area contributed by atoms with E-state index in [2.05, 4.69) is 33.2 Å². The summed E-state index contributed by atoms with van der Waals surface area (Å²) < 4.78 is 10.8. The number of alkyl carbamates (subject to hydrolysis) is 1. The van der Waals surface area contributed by atoms with Crippen molar-refractivity contribution in [2.24, 2.45) is 0 Å². The summed E-state index contributed by atoms with van der Waals surface area (Å²) in [6, 6.07) is 14.2. The van der Waals surface area contributed by atoms with Gasteiger partial charge in [0.25, 0.3) is 0 Å². The number of rotatable bonds is 9. The maximum absolute atomic E-state index is 12.5. The third-order valence-electron chi connectivity index (χ3n) is 4.13. The number of carbonyl (C=O) groups excluding carboxylic acids is 3. The standard InChI is InChI=1S/C21H23IN2O6/c1-29-20(27)17(11-15-8-5-9-16(22)10-15)23-19(26)18(12-25)24-21(28)30-13-14-6-3-2-4-7-14/h2-10,17-18,25H,11-13H2,1H3,(H,23,26)(H,24,28)/t17-,18+/m1/s1. The molecule has 0 heterocycles. The molecule has 2 amide bonds. The van der Waals surface area contributed by atoms with Gasteiger partial charge in [-0.3, -0.25) is 4.79 Å². The number of amides is 2. The van der Waals surface area contributed by atoms with E-state index in [4.69, 9.17) is 9.47 Å². The maximum Gasteiger partial charge on any atom is 0.408 e. The van der Waals surface area contributed by atoms with Crippen molar-refractivity contribution in [3.05, 3.63) is 69.3 Å². The lowest BCUT2D eigenvalue weighted by Gasteiger charge is -2.21. The molecule has 0 saturated carbocycles. The van der Waals surface area contributed by atoms with E-state index >= 15 is 0 Å². The van der Waals surface area contributed by atoms with Crippen LogP contribution in [0.1, 0.15) is 11.1 Å². The zero-order chi connectivity index (χ0) is 21.9. The fourth-order valence-electron chi connectivity index (χ4n) is 2.61. The van der Waals surface area contributed by atoms with Crippen molar-refractivity contribution < 1.29 is 29.0 Å². The molecule has 0 aliphatic carbocycles. The van der Waals surface area contributed by atoms with E-state index < -0.39 is 36.7 Å². The van der Waals surface area contributed by atoms with Crippen LogP contribution in [0.4, 0.5) is 4.79 Å². The molecule has 160 valence electrons. The summed E-state index contributed by atoms with van der Waals surface area (Å²) in [6.07, 6.45) is -0.661. The number of halogens is 1. The summed E-state index contributed by atoms with van der Waals surface area (Å²) in [5.74, 6) is -1.36. The van der Waals surface area contributed by atoms with Gasteiger partial charge in [-0.25, -0.2) is 9.59 Å². The van der Waals surface area contributed by atoms with Crippen molar-refractivity contribution in [2.75, 3.05) is 13.7 Å². The van der Waals surface area contributed by atoms with Gasteiger partial charge in [-0.2, -0.15) is 0 Å². The van der Waals surface area contributed by atoms with Crippen LogP contribution in [0.15, 0.2) is 54.6 Å². The van der Waals surface area contributed by atoms with Crippen LogP contribution >= 0.6 is 22.6 Å². The van der Waals surface area contributed by atoms with Crippen LogP contribution in [0, 0.1) is 3.57 Å². The minimum Gasteiger partial charge on any atom is -0.467 e. The highest BCUT2D eigenvalue weighted by molar-refractivity contribution is 14.1. The Balaban J connectivity index is 1.95. The topological polar surface area (TPSA) is 114 Å². The Bertz CT molecular complexity index is 862. The fraction of sp³-hybridized carbons (Fsp3) is 0.286. The van der Waals surface area contributed by atoms with Crippen LogP contribution in [-0.2, 0) is 32.1 Å². The number of hydrogen-bond acceptors (Lipinski definition) is 6. The number of nitrogens with one attached hydrogen (secondary N) is 2. The molecule has 9 heteroatoms. The zero-order valence-corrected chi connectivity index (χ0v) is 18.5. The van der Waals surface area contributed by atoms with Crippen LogP contribution in [0.5, 0.6) is 0 Å². The first-order chi connectivity index (χ1) is 14.4. The Morgan fingerprint density at radius 3 is 2.33 bits per heavy atom. The highest BCUT2D eigenvalue weighted by atomic mass is 127. The Morgan fingerprint density at radius 2 is 1.70 bits per heavy atom. The summed E-state index contributed by atoms with van der Waals surface area (Å²) in [6.45, 7) is -0.646. The van der Waals surface area contributed by atoms with Gasteiger partial charge in [0, 0.05) is 9.99 Å². The smallest absolute Gasteiger partial charge is 0.408 e. The number of hydrogen-bond donors (Lipinski definition) is 3. The number of carbonyl (C=O) groups is 3. The number of ether oxygens (including phenoxy) is 2. The van der Waals surface area contributed by atoms with Gasteiger partial charge in [0.05, 0.1) is 13.7 Å². The van der Waals surface area contributed by atoms with Crippen LogP contribution in [-0.4, -0.2) is 48.9 Å². The van der Waals surface area contributed by atoms with Crippen molar-refractivity contribution in [1.82, 2.24) is 10.6 Å². The third kappa shape index (κ3) is 7.64. The van der Waals surface area contributed by atoms with Gasteiger partial charge in [-0.1, -0.05) is 42.5 Å². The fourth-order valence-corrected chi connectivity index (χ4v) is 3.22. The Morgan fingerprint density at radius 1 is 1.00 bits per heavy atom. The van der Waals surface area contributed by atoms with Gasteiger partial charge in [0.2, 0.25) is 5.91 Å². The third-order valence-corrected chi connectivity index (χ3v) is 4.81. The van der Waals surface area contributed by atoms with E-state index in [0.29, 0.717) is 0 Å². The molecule has 0 aliphatic heterocycles. The first-order valence-electron chi connectivity index (χ1n) is 9.13. The molecule has 2 rings (SSSR count). The molecule has 0 aromatic heterocycles. The number of aliphatic hydroxyl groups excluding tert-OH is 1. The molecule has 0 saturated heterocycles. The lowest BCUT2D eigenvalue weighted by Crippen LogP contribution is -2.54. The maximum atomic E-state index is 12.5. The van der Waals surface area contributed by atoms with Gasteiger partial charge in [-0.15, -0.1) is 0 Å². The second kappa shape index (κ2) is 12.1. The molecule has 0 bridgehead atoms. The predicted molar refractivity (Wildman–Crippen MR) is 117 cm³/mol. The molecule has 0 unspecified atom stereocenters. The van der Waals surface area contributed by atoms with E-state index in [1.807, 2.05) is 30.3 Å². The van der Waals surface area contributed by atoms with Gasteiger partial charge in [0.15, 0.2) is 0 Å². The van der Waals surface area contributed by atoms with E-state index in [1.54, 1.807) is 24.3 Å². The summed E-state index contributed by atoms with van der Waals surface area (Å²) in [4.78, 5) is 36.6. The highest BCUT2D eigenvalue weighted by Crippen LogP contribution is 2.11. The number of esters is 1. The number of benzene rings is 2. The van der Waals surface area contributed by atoms with Crippen LogP contribution < -0.4 is 10.6 Å². The molecule has 0 fully saturated rings. The largest absolute Gasteiger partial charge is 0.467 e. The normalized spacial score (nSPS) is 12.4. The minimum absolute atomic E-state index is 0.0177. The molecule has 0 aliphatic rings. The van der Waals surface area contributed by atoms with Crippen LogP contribution in [0.2, 0.25) is 0 Å². The lowest BCUT2D eigenvalue weighted by molar-refractivity contribution is -0.145. The Kier molecular flexibility index (Phi) is 9.55. The SMILES string of the molecule is COC(=O)[C@@H](Cc1cccc(I)c1)NC(=O)[C@H](CO)NC(=O)OCc1ccccc1. The lowest BCUT2D eigenvalue weighted by atomic mass is 10.1. The van der Waals surface area contributed by atoms with Crippen molar-refractivity contribution in [2.45, 2.75) is 25.1 Å². The van der Waals surface area contributed by atoms with Gasteiger partial charge >= 0.3 is 12.1 Å². The molecule has 2 aromatic rings. The second-order valence-electron chi connectivity index (χ2n) is 6.36. The molecule has 0 spiro atoms. The average molecular weight is 526 g/mol. The van der Waals surface area contributed by atoms with E-state index in [-0.39, 0.29) is 13.0 Å². The Labute approximate surface area is 188 Å². The van der Waals surface area contributed by atoms with Gasteiger partial charge in [0.1, 0.15) is 18.7 Å². The molecule has 2 aromatic carbocycles. The minimum atomic E-state index is -1.28. The summed E-state index contributed by atoms with van der Waals surface area (Å²) in [7, 11) is 1.22. The predicted octanol–water partition coefficient (Wildman–Crippen LogP) is 1.78. The molecule has 8 nitrogen and oxygen atoms in total. The van der Waals surface area contributed by atoms with Crippen molar-refractivity contribution in [1.29, 1.82) is 0 Å². The molecule has 30 heavy (non-hydrogen) atoms. The monoisotopic (exact) mass is 526 g/mol. The first kappa shape index (κ1) is 23.6. The van der Waals surface area contributed by atoms with E-state index in [0.717, 1.165) is 14.7 Å². The zero-order valence-electron chi connectivity index (χ0n) is 16.3. The van der Waals surface area contributed by atoms with Gasteiger partial charge in [-0.05, 0) is 45.9 Å². The molecular weight excluding hydrogens is 503 g/mol. The molecule has 2 atom stereocenters. The average Bonchev–Trinajstić information content (AvgIpc) is 2.75. The molecule has 3 N–H and O–H groups in total. The second-order valence-corrected chi connectivity index (χ2v) is 7.61. The Hall–Kier alpha value is -2.66. The van der Waals surface area contributed by atoms with Crippen LogP contribution in [0.3, 0.4) is 0 Å². The number of methoxy groups -OCH3 is 1. The summed E-state index contributed by atoms with van der Waals surface area (Å²) >= 11 is 2.15. The quantitative estimate of drug-likeness (QED) is 0.339. The van der Waals surface area contributed by atoms with Crippen molar-refractivity contribution in [3.63, 3.8) is 0 Å². The number of aliphatic hydroxyl groups is 1. The molecule has 0 radical (unpaired) electrons. The summed E-state index contributed by atoms with van der Waals surface area (Å²) in [5.41, 5.74) is 1.61. The van der Waals surface area contributed by atoms with E-state index in [1.165, 1.54) is 7.11 Å². The van der Waals surface area contributed by atoms with Crippen molar-refractivity contribution >= 4 is 40.6 Å². The van der Waals surface area contributed by atoms with Crippen molar-refractivity contribution in [3.8, 4) is 0 Å². The van der Waals surface area contributed by atoms with E-state index in [9.17, 15) is 19.5 Å². The highest BCUT2D eigenvalue weighted by Gasteiger charge is 2.27. The first-order valence-corrected chi connectivity index (χ1v) is 10.2. The summed E-state index contributed by atoms with van der Waals surface area (Å²) in [5, 5.41) is 14.3.